The number of aromatic nitrogens is 1. The molecular weight excluding hydrogens is 398 g/mol. The second-order valence-electron chi connectivity index (χ2n) is 7.56. The van der Waals surface area contributed by atoms with E-state index in [1.807, 2.05) is 49.6 Å². The standard InChI is InChI=1S/C23H21N3O3S/c1-14(2)12-19(26-21(28)16-10-6-7-11-17(16)22(26)29)20(27)25-23-24-18(13-30-23)15-8-4-3-5-9-15/h3-11,13-14,19H,12H2,1-2H3,(H,24,25,27)/t19-/m0/s1. The van der Waals surface area contributed by atoms with Crippen molar-refractivity contribution in [2.45, 2.75) is 26.3 Å². The summed E-state index contributed by atoms with van der Waals surface area (Å²) in [5, 5.41) is 5.10. The summed E-state index contributed by atoms with van der Waals surface area (Å²) in [5.74, 6) is -1.16. The predicted molar refractivity (Wildman–Crippen MR) is 116 cm³/mol. The van der Waals surface area contributed by atoms with E-state index < -0.39 is 23.8 Å². The van der Waals surface area contributed by atoms with Crippen molar-refractivity contribution in [1.82, 2.24) is 9.88 Å². The van der Waals surface area contributed by atoms with Crippen LogP contribution < -0.4 is 5.32 Å². The summed E-state index contributed by atoms with van der Waals surface area (Å²) in [4.78, 5) is 44.5. The molecule has 0 saturated carbocycles. The number of anilines is 1. The van der Waals surface area contributed by atoms with Crippen LogP contribution in [0, 0.1) is 5.92 Å². The monoisotopic (exact) mass is 419 g/mol. The fourth-order valence-electron chi connectivity index (χ4n) is 3.53. The maximum absolute atomic E-state index is 13.1. The molecule has 4 rings (SSSR count). The zero-order valence-electron chi connectivity index (χ0n) is 16.7. The first kappa shape index (κ1) is 20.0. The van der Waals surface area contributed by atoms with Crippen LogP contribution in [0.5, 0.6) is 0 Å². The molecule has 0 radical (unpaired) electrons. The molecule has 2 heterocycles. The third-order valence-electron chi connectivity index (χ3n) is 4.94. The second kappa shape index (κ2) is 8.20. The number of nitrogens with one attached hydrogen (secondary N) is 1. The van der Waals surface area contributed by atoms with Gasteiger partial charge in [-0.2, -0.15) is 0 Å². The van der Waals surface area contributed by atoms with Gasteiger partial charge >= 0.3 is 0 Å². The van der Waals surface area contributed by atoms with Crippen molar-refractivity contribution in [2.75, 3.05) is 5.32 Å². The largest absolute Gasteiger partial charge is 0.300 e. The number of carbonyl (C=O) groups excluding carboxylic acids is 3. The van der Waals surface area contributed by atoms with E-state index in [-0.39, 0.29) is 5.92 Å². The third-order valence-corrected chi connectivity index (χ3v) is 5.70. The maximum atomic E-state index is 13.1. The van der Waals surface area contributed by atoms with Gasteiger partial charge in [0, 0.05) is 10.9 Å². The van der Waals surface area contributed by atoms with E-state index in [0.717, 1.165) is 16.2 Å². The number of fused-ring (bicyclic) bond motifs is 1. The molecule has 1 N–H and O–H groups in total. The summed E-state index contributed by atoms with van der Waals surface area (Å²) in [6.45, 7) is 3.91. The quantitative estimate of drug-likeness (QED) is 0.598. The summed E-state index contributed by atoms with van der Waals surface area (Å²) in [6.07, 6.45) is 0.369. The molecule has 0 bridgehead atoms. The Morgan fingerprint density at radius 2 is 1.60 bits per heavy atom. The minimum absolute atomic E-state index is 0.112. The summed E-state index contributed by atoms with van der Waals surface area (Å²) in [5.41, 5.74) is 2.39. The summed E-state index contributed by atoms with van der Waals surface area (Å²) in [7, 11) is 0. The van der Waals surface area contributed by atoms with Crippen LogP contribution in [-0.2, 0) is 4.79 Å². The van der Waals surface area contributed by atoms with Crippen LogP contribution in [0.1, 0.15) is 41.0 Å². The van der Waals surface area contributed by atoms with Gasteiger partial charge in [0.15, 0.2) is 5.13 Å². The van der Waals surface area contributed by atoms with Gasteiger partial charge < -0.3 is 5.32 Å². The van der Waals surface area contributed by atoms with Crippen molar-refractivity contribution in [2.24, 2.45) is 5.92 Å². The van der Waals surface area contributed by atoms with Gasteiger partial charge in [-0.25, -0.2) is 4.98 Å². The van der Waals surface area contributed by atoms with Gasteiger partial charge in [-0.3, -0.25) is 19.3 Å². The van der Waals surface area contributed by atoms with Crippen LogP contribution in [0.25, 0.3) is 11.3 Å². The molecule has 0 saturated heterocycles. The van der Waals surface area contributed by atoms with Crippen molar-refractivity contribution in [3.05, 3.63) is 71.1 Å². The van der Waals surface area contributed by atoms with E-state index in [1.165, 1.54) is 11.3 Å². The van der Waals surface area contributed by atoms with E-state index in [1.54, 1.807) is 24.3 Å². The van der Waals surface area contributed by atoms with Crippen LogP contribution in [0.15, 0.2) is 60.0 Å². The third kappa shape index (κ3) is 3.76. The molecule has 7 heteroatoms. The molecule has 1 aliphatic rings. The SMILES string of the molecule is CC(C)C[C@@H](C(=O)Nc1nc(-c2ccccc2)cs1)N1C(=O)c2ccccc2C1=O. The summed E-state index contributed by atoms with van der Waals surface area (Å²) >= 11 is 1.31. The Labute approximate surface area is 178 Å². The lowest BCUT2D eigenvalue weighted by atomic mass is 10.0. The van der Waals surface area contributed by atoms with Gasteiger partial charge in [0.05, 0.1) is 16.8 Å². The van der Waals surface area contributed by atoms with E-state index in [9.17, 15) is 14.4 Å². The molecule has 152 valence electrons. The smallest absolute Gasteiger partial charge is 0.262 e. The zero-order chi connectivity index (χ0) is 21.3. The first-order valence-electron chi connectivity index (χ1n) is 9.74. The van der Waals surface area contributed by atoms with Crippen molar-refractivity contribution < 1.29 is 14.4 Å². The Morgan fingerprint density at radius 1 is 1.00 bits per heavy atom. The summed E-state index contributed by atoms with van der Waals surface area (Å²) in [6, 6.07) is 15.4. The van der Waals surface area contributed by atoms with Crippen LogP contribution in [0.3, 0.4) is 0 Å². The molecule has 2 aromatic carbocycles. The van der Waals surface area contributed by atoms with Gasteiger partial charge in [0.25, 0.3) is 11.8 Å². The Bertz CT molecular complexity index is 1070. The number of hydrogen-bond donors (Lipinski definition) is 1. The number of carbonyl (C=O) groups is 3. The first-order valence-corrected chi connectivity index (χ1v) is 10.6. The second-order valence-corrected chi connectivity index (χ2v) is 8.42. The molecule has 0 spiro atoms. The van der Waals surface area contributed by atoms with Crippen molar-refractivity contribution >= 4 is 34.2 Å². The predicted octanol–water partition coefficient (Wildman–Crippen LogP) is 4.46. The molecule has 0 aliphatic carbocycles. The van der Waals surface area contributed by atoms with Crippen molar-refractivity contribution in [1.29, 1.82) is 0 Å². The van der Waals surface area contributed by atoms with Crippen molar-refractivity contribution in [3.63, 3.8) is 0 Å². The molecule has 1 atom stereocenters. The Hall–Kier alpha value is -3.32. The van der Waals surface area contributed by atoms with E-state index in [4.69, 9.17) is 0 Å². The van der Waals surface area contributed by atoms with Gasteiger partial charge in [0.1, 0.15) is 6.04 Å². The van der Waals surface area contributed by atoms with Gasteiger partial charge in [-0.15, -0.1) is 11.3 Å². The zero-order valence-corrected chi connectivity index (χ0v) is 17.5. The van der Waals surface area contributed by atoms with Gasteiger partial charge in [-0.05, 0) is 24.5 Å². The number of nitrogens with zero attached hydrogens (tertiary/aromatic N) is 2. The lowest BCUT2D eigenvalue weighted by Gasteiger charge is -2.26. The normalized spacial score (nSPS) is 14.2. The molecule has 0 fully saturated rings. The molecule has 0 unspecified atom stereocenters. The lowest BCUT2D eigenvalue weighted by molar-refractivity contribution is -0.120. The Balaban J connectivity index is 1.58. The number of amides is 3. The number of thiazole rings is 1. The molecule has 3 amide bonds. The minimum Gasteiger partial charge on any atom is -0.300 e. The van der Waals surface area contributed by atoms with Gasteiger partial charge in [0.2, 0.25) is 5.91 Å². The van der Waals surface area contributed by atoms with Crippen LogP contribution in [-0.4, -0.2) is 33.6 Å². The molecule has 3 aromatic rings. The van der Waals surface area contributed by atoms with Crippen LogP contribution in [0.2, 0.25) is 0 Å². The topological polar surface area (TPSA) is 79.4 Å². The highest BCUT2D eigenvalue weighted by Crippen LogP contribution is 2.29. The van der Waals surface area contributed by atoms with Crippen LogP contribution in [0.4, 0.5) is 5.13 Å². The van der Waals surface area contributed by atoms with E-state index >= 15 is 0 Å². The molecule has 1 aromatic heterocycles. The molecular formula is C23H21N3O3S. The van der Waals surface area contributed by atoms with Crippen LogP contribution >= 0.6 is 11.3 Å². The van der Waals surface area contributed by atoms with Crippen molar-refractivity contribution in [3.8, 4) is 11.3 Å². The number of rotatable bonds is 6. The Kier molecular flexibility index (Phi) is 5.46. The van der Waals surface area contributed by atoms with E-state index in [2.05, 4.69) is 10.3 Å². The minimum atomic E-state index is -0.901. The fourth-order valence-corrected chi connectivity index (χ4v) is 4.25. The van der Waals surface area contributed by atoms with E-state index in [0.29, 0.717) is 22.7 Å². The molecule has 30 heavy (non-hydrogen) atoms. The van der Waals surface area contributed by atoms with Gasteiger partial charge in [-0.1, -0.05) is 56.3 Å². The highest BCUT2D eigenvalue weighted by Gasteiger charge is 2.42. The molecule has 1 aliphatic heterocycles. The lowest BCUT2D eigenvalue weighted by Crippen LogP contribution is -2.47. The fraction of sp³-hybridized carbons (Fsp3) is 0.217. The average molecular weight is 420 g/mol. The first-order chi connectivity index (χ1) is 14.5. The number of imide groups is 1. The maximum Gasteiger partial charge on any atom is 0.262 e. The number of benzene rings is 2. The highest BCUT2D eigenvalue weighted by atomic mass is 32.1. The summed E-state index contributed by atoms with van der Waals surface area (Å²) < 4.78 is 0. The average Bonchev–Trinajstić information content (AvgIpc) is 3.30. The number of hydrogen-bond acceptors (Lipinski definition) is 5. The highest BCUT2D eigenvalue weighted by molar-refractivity contribution is 7.14. The Morgan fingerprint density at radius 3 is 2.20 bits per heavy atom. The molecule has 6 nitrogen and oxygen atoms in total.